The number of fused-ring (bicyclic) bond motifs is 1. The second kappa shape index (κ2) is 7.36. The van der Waals surface area contributed by atoms with E-state index >= 15 is 0 Å². The molecule has 1 fully saturated rings. The Balaban J connectivity index is 1.72. The van der Waals surface area contributed by atoms with Gasteiger partial charge in [-0.05, 0) is 25.8 Å². The average Bonchev–Trinajstić information content (AvgIpc) is 3.19. The van der Waals surface area contributed by atoms with Crippen molar-refractivity contribution in [3.8, 4) is 0 Å². The number of carbonyl (C=O) groups is 1. The fourth-order valence-corrected chi connectivity index (χ4v) is 4.29. The Morgan fingerprint density at radius 1 is 1.39 bits per heavy atom. The van der Waals surface area contributed by atoms with Crippen LogP contribution in [0.15, 0.2) is 17.1 Å². The summed E-state index contributed by atoms with van der Waals surface area (Å²) in [7, 11) is 3.08. The number of nitrogens with zero attached hydrogens (tertiary/aromatic N) is 4. The van der Waals surface area contributed by atoms with Crippen LogP contribution >= 0.6 is 11.3 Å². The Morgan fingerprint density at radius 2 is 2.14 bits per heavy atom. The Kier molecular flexibility index (Phi) is 4.90. The van der Waals surface area contributed by atoms with Crippen LogP contribution in [0.2, 0.25) is 0 Å². The number of nitrogens with one attached hydrogen (secondary N) is 1. The lowest BCUT2D eigenvalue weighted by atomic mass is 10.1. The van der Waals surface area contributed by atoms with E-state index in [-0.39, 0.29) is 17.7 Å². The van der Waals surface area contributed by atoms with Crippen molar-refractivity contribution in [1.82, 2.24) is 19.1 Å². The van der Waals surface area contributed by atoms with Gasteiger partial charge in [0.25, 0.3) is 0 Å². The third kappa shape index (κ3) is 3.18. The molecule has 9 nitrogen and oxygen atoms in total. The minimum absolute atomic E-state index is 0.0570. The summed E-state index contributed by atoms with van der Waals surface area (Å²) in [6.45, 7) is 3.17. The number of imidazole rings is 1. The molecule has 0 amide bonds. The number of rotatable bonds is 4. The van der Waals surface area contributed by atoms with Gasteiger partial charge in [0.1, 0.15) is 10.4 Å². The third-order valence-electron chi connectivity index (χ3n) is 4.94. The number of anilines is 2. The van der Waals surface area contributed by atoms with Gasteiger partial charge in [0.15, 0.2) is 5.65 Å². The molecular formula is C18H21N5O4S. The van der Waals surface area contributed by atoms with Gasteiger partial charge in [-0.3, -0.25) is 9.13 Å². The molecule has 0 radical (unpaired) electrons. The van der Waals surface area contributed by atoms with Crippen molar-refractivity contribution >= 4 is 40.1 Å². The zero-order valence-corrected chi connectivity index (χ0v) is 16.7. The zero-order chi connectivity index (χ0) is 19.8. The molecule has 0 atom stereocenters. The lowest BCUT2D eigenvalue weighted by Crippen LogP contribution is -2.30. The summed E-state index contributed by atoms with van der Waals surface area (Å²) >= 11 is 1.34. The van der Waals surface area contributed by atoms with Gasteiger partial charge in [-0.1, -0.05) is 0 Å². The number of hydrogen-bond donors (Lipinski definition) is 1. The number of carbonyl (C=O) groups excluding carboxylic acids is 1. The topological polar surface area (TPSA) is 100 Å². The highest BCUT2D eigenvalue weighted by Crippen LogP contribution is 2.29. The number of ether oxygens (including phenoxy) is 2. The van der Waals surface area contributed by atoms with Crippen molar-refractivity contribution in [3.63, 3.8) is 0 Å². The molecule has 28 heavy (non-hydrogen) atoms. The van der Waals surface area contributed by atoms with Crippen LogP contribution in [0.3, 0.4) is 0 Å². The van der Waals surface area contributed by atoms with Gasteiger partial charge >= 0.3 is 11.7 Å². The first-order valence-electron chi connectivity index (χ1n) is 8.97. The quantitative estimate of drug-likeness (QED) is 0.668. The van der Waals surface area contributed by atoms with Crippen molar-refractivity contribution in [3.05, 3.63) is 32.5 Å². The highest BCUT2D eigenvalue weighted by molar-refractivity contribution is 7.14. The van der Waals surface area contributed by atoms with E-state index in [9.17, 15) is 9.59 Å². The molecule has 1 saturated heterocycles. The highest BCUT2D eigenvalue weighted by atomic mass is 32.1. The molecule has 1 aliphatic heterocycles. The molecule has 4 heterocycles. The van der Waals surface area contributed by atoms with Crippen molar-refractivity contribution < 1.29 is 14.3 Å². The molecule has 0 aromatic carbocycles. The molecule has 1 aliphatic rings. The summed E-state index contributed by atoms with van der Waals surface area (Å²) in [5.41, 5.74) is 1.91. The predicted molar refractivity (Wildman–Crippen MR) is 106 cm³/mol. The Morgan fingerprint density at radius 3 is 2.86 bits per heavy atom. The molecule has 148 valence electrons. The molecule has 0 saturated carbocycles. The number of thiophene rings is 1. The number of methoxy groups -OCH3 is 1. The molecule has 3 aromatic heterocycles. The van der Waals surface area contributed by atoms with Crippen LogP contribution in [0.5, 0.6) is 0 Å². The van der Waals surface area contributed by atoms with Crippen molar-refractivity contribution in [1.29, 1.82) is 0 Å². The van der Waals surface area contributed by atoms with Crippen molar-refractivity contribution in [2.24, 2.45) is 7.05 Å². The summed E-state index contributed by atoms with van der Waals surface area (Å²) in [6, 6.07) is 1.78. The van der Waals surface area contributed by atoms with E-state index in [0.717, 1.165) is 23.4 Å². The minimum Gasteiger partial charge on any atom is -0.465 e. The molecule has 0 spiro atoms. The van der Waals surface area contributed by atoms with E-state index in [1.807, 2.05) is 6.92 Å². The van der Waals surface area contributed by atoms with Crippen molar-refractivity contribution in [2.75, 3.05) is 25.6 Å². The first-order chi connectivity index (χ1) is 13.5. The first-order valence-corrected chi connectivity index (χ1v) is 9.78. The maximum atomic E-state index is 12.8. The van der Waals surface area contributed by atoms with E-state index in [1.54, 1.807) is 28.4 Å². The third-order valence-corrected chi connectivity index (χ3v) is 5.97. The molecule has 0 aliphatic carbocycles. The summed E-state index contributed by atoms with van der Waals surface area (Å²) in [5, 5.41) is 3.15. The molecule has 0 unspecified atom stereocenters. The van der Waals surface area contributed by atoms with Crippen LogP contribution in [0.25, 0.3) is 11.2 Å². The van der Waals surface area contributed by atoms with E-state index in [2.05, 4.69) is 15.3 Å². The fourth-order valence-electron chi connectivity index (χ4n) is 3.40. The largest absolute Gasteiger partial charge is 0.465 e. The number of esters is 1. The van der Waals surface area contributed by atoms with E-state index in [0.29, 0.717) is 35.2 Å². The molecule has 3 aromatic rings. The monoisotopic (exact) mass is 403 g/mol. The standard InChI is InChI=1S/C18H21N5O4S/c1-10-12(8-14(28-10)16(24)26-3)20-17-19-9-13-15(21-17)23(18(25)22(13)2)11-4-6-27-7-5-11/h8-9,11H,4-7H2,1-3H3,(H,19,20,21). The average molecular weight is 403 g/mol. The van der Waals surface area contributed by atoms with Gasteiger partial charge in [-0.2, -0.15) is 4.98 Å². The molecule has 4 rings (SSSR count). The summed E-state index contributed by atoms with van der Waals surface area (Å²) in [6.07, 6.45) is 3.20. The molecular weight excluding hydrogens is 382 g/mol. The zero-order valence-electron chi connectivity index (χ0n) is 15.9. The van der Waals surface area contributed by atoms with Gasteiger partial charge in [0.2, 0.25) is 5.95 Å². The van der Waals surface area contributed by atoms with Crippen LogP contribution in [0.4, 0.5) is 11.6 Å². The predicted octanol–water partition coefficient (Wildman–Crippen LogP) is 2.38. The van der Waals surface area contributed by atoms with E-state index in [4.69, 9.17) is 9.47 Å². The van der Waals surface area contributed by atoms with Crippen LogP contribution in [0, 0.1) is 6.92 Å². The number of aryl methyl sites for hydroxylation is 2. The lowest BCUT2D eigenvalue weighted by Gasteiger charge is -2.22. The Hall–Kier alpha value is -2.72. The second-order valence-electron chi connectivity index (χ2n) is 6.65. The molecule has 1 N–H and O–H groups in total. The SMILES string of the molecule is COC(=O)c1cc(Nc2ncc3c(n2)n(C2CCOCC2)c(=O)n3C)c(C)s1. The first kappa shape index (κ1) is 18.6. The van der Waals surface area contributed by atoms with Gasteiger partial charge in [-0.15, -0.1) is 11.3 Å². The van der Waals surface area contributed by atoms with Crippen molar-refractivity contribution in [2.45, 2.75) is 25.8 Å². The van der Waals surface area contributed by atoms with E-state index < -0.39 is 0 Å². The fraction of sp³-hybridized carbons (Fsp3) is 0.444. The van der Waals surface area contributed by atoms with Gasteiger partial charge < -0.3 is 14.8 Å². The van der Waals surface area contributed by atoms with E-state index in [1.165, 1.54) is 18.4 Å². The second-order valence-corrected chi connectivity index (χ2v) is 7.91. The smallest absolute Gasteiger partial charge is 0.348 e. The maximum Gasteiger partial charge on any atom is 0.348 e. The Labute approximate surface area is 164 Å². The molecule has 0 bridgehead atoms. The summed E-state index contributed by atoms with van der Waals surface area (Å²) < 4.78 is 13.5. The van der Waals surface area contributed by atoms with Crippen LogP contribution in [0.1, 0.15) is 33.4 Å². The maximum absolute atomic E-state index is 12.8. The van der Waals surface area contributed by atoms with Gasteiger partial charge in [-0.25, -0.2) is 14.6 Å². The highest BCUT2D eigenvalue weighted by Gasteiger charge is 2.23. The minimum atomic E-state index is -0.381. The molecule has 10 heteroatoms. The van der Waals surface area contributed by atoms with Crippen LogP contribution < -0.4 is 11.0 Å². The number of aromatic nitrogens is 4. The van der Waals surface area contributed by atoms with Crippen LogP contribution in [-0.4, -0.2) is 45.4 Å². The summed E-state index contributed by atoms with van der Waals surface area (Å²) in [5.74, 6) is -0.00911. The van der Waals surface area contributed by atoms with Gasteiger partial charge in [0.05, 0.1) is 19.0 Å². The van der Waals surface area contributed by atoms with Crippen LogP contribution in [-0.2, 0) is 16.5 Å². The number of hydrogen-bond acceptors (Lipinski definition) is 8. The lowest BCUT2D eigenvalue weighted by molar-refractivity contribution is 0.0606. The Bertz CT molecular complexity index is 1090. The van der Waals surface area contributed by atoms with Gasteiger partial charge in [0, 0.05) is 31.2 Å². The summed E-state index contributed by atoms with van der Waals surface area (Å²) in [4.78, 5) is 34.9. The normalized spacial score (nSPS) is 15.1.